The molecular formula is C74H53As2N3. The zero-order valence-electron chi connectivity index (χ0n) is 43.3. The molecule has 0 N–H and O–H groups in total. The van der Waals surface area contributed by atoms with E-state index in [1.807, 2.05) is 0 Å². The van der Waals surface area contributed by atoms with Gasteiger partial charge in [-0.05, 0) is 0 Å². The molecule has 0 saturated heterocycles. The van der Waals surface area contributed by atoms with Gasteiger partial charge in [0.15, 0.2) is 0 Å². The molecule has 13 aromatic carbocycles. The van der Waals surface area contributed by atoms with E-state index in [-0.39, 0.29) is 0 Å². The molecule has 0 fully saturated rings. The summed E-state index contributed by atoms with van der Waals surface area (Å²) in [5, 5.41) is 7.15. The minimum absolute atomic E-state index is 1.09. The third-order valence-corrected chi connectivity index (χ3v) is 25.3. The van der Waals surface area contributed by atoms with E-state index >= 15 is 0 Å². The van der Waals surface area contributed by atoms with Crippen LogP contribution in [0.25, 0.3) is 49.0 Å². The van der Waals surface area contributed by atoms with Crippen molar-refractivity contribution in [1.29, 1.82) is 0 Å². The van der Waals surface area contributed by atoms with Crippen molar-refractivity contribution in [2.75, 3.05) is 9.80 Å². The van der Waals surface area contributed by atoms with Crippen LogP contribution in [-0.2, 0) is 0 Å². The summed E-state index contributed by atoms with van der Waals surface area (Å²) in [5.74, 6) is 0. The first-order valence-corrected chi connectivity index (χ1v) is 32.5. The van der Waals surface area contributed by atoms with E-state index in [0.29, 0.717) is 0 Å². The van der Waals surface area contributed by atoms with Crippen LogP contribution < -0.4 is 35.9 Å². The van der Waals surface area contributed by atoms with Crippen molar-refractivity contribution in [2.24, 2.45) is 0 Å². The first kappa shape index (κ1) is 48.3. The van der Waals surface area contributed by atoms with Crippen LogP contribution in [0.2, 0.25) is 0 Å². The number of hydrogen-bond acceptors (Lipinski definition) is 2. The zero-order valence-corrected chi connectivity index (χ0v) is 47.1. The fourth-order valence-electron chi connectivity index (χ4n) is 11.5. The standard InChI is InChI=1S/C74H53As2N3/c1-6-26-56(27-7-1)75(57-28-8-2-9-29-57)60-40-44-63(45-41-60)77(71-38-20-24-54-22-16-18-36-67(54)71)65-48-50-73-69(52-65)70-53-66(49-51-74(70)79(73)62-34-14-5-15-35-62)78(72-39-21-25-55-23-17-19-37-68(55)72)64-46-42-61(43-47-64)76(58-30-10-3-11-31-58)59-32-12-4-13-33-59/h1-53H. The molecule has 14 rings (SSSR count). The Morgan fingerprint density at radius 2 is 0.532 bits per heavy atom. The molecule has 3 nitrogen and oxygen atoms in total. The maximum absolute atomic E-state index is 2.47. The number of para-hydroxylation sites is 1. The van der Waals surface area contributed by atoms with Crippen LogP contribution in [0.1, 0.15) is 0 Å². The van der Waals surface area contributed by atoms with Crippen LogP contribution in [0.15, 0.2) is 322 Å². The fourth-order valence-corrected chi connectivity index (χ4v) is 21.1. The second-order valence-corrected chi connectivity index (χ2v) is 29.1. The molecule has 0 spiro atoms. The first-order chi connectivity index (χ1) is 39.2. The van der Waals surface area contributed by atoms with E-state index in [0.717, 1.165) is 50.8 Å². The van der Waals surface area contributed by atoms with Gasteiger partial charge in [-0.25, -0.2) is 0 Å². The Morgan fingerprint density at radius 3 is 0.911 bits per heavy atom. The predicted octanol–water partition coefficient (Wildman–Crippen LogP) is 15.1. The summed E-state index contributed by atoms with van der Waals surface area (Å²) in [5.41, 5.74) is 10.1. The Kier molecular flexibility index (Phi) is 13.1. The third-order valence-electron chi connectivity index (χ3n) is 15.1. The van der Waals surface area contributed by atoms with Crippen LogP contribution in [0.4, 0.5) is 34.1 Å². The SMILES string of the molecule is c1ccc(-n2c3ccc(N(c4ccc([As](c5ccccc5)c5ccccc5)cc4)c4cccc5ccccc45)cc3c3cc(N(c4ccc([As](c5ccccc5)c5ccccc5)cc4)c4cccc5ccccc45)ccc32)cc1. The Balaban J connectivity index is 0.957. The maximum atomic E-state index is 2.47. The molecular weight excluding hydrogens is 1080 g/mol. The van der Waals surface area contributed by atoms with Gasteiger partial charge in [-0.3, -0.25) is 0 Å². The molecule has 0 unspecified atom stereocenters. The Hall–Kier alpha value is -9.10. The second kappa shape index (κ2) is 21.4. The fraction of sp³-hybridized carbons (Fsp3) is 0. The minimum Gasteiger partial charge on any atom is -0.0602 e. The number of anilines is 6. The Bertz CT molecular complexity index is 4060. The molecule has 0 aliphatic carbocycles. The van der Waals surface area contributed by atoms with Gasteiger partial charge in [-0.2, -0.15) is 0 Å². The van der Waals surface area contributed by atoms with E-state index in [1.54, 1.807) is 0 Å². The summed E-state index contributed by atoms with van der Waals surface area (Å²) in [6.45, 7) is 0. The average Bonchev–Trinajstić information content (AvgIpc) is 4.08. The van der Waals surface area contributed by atoms with Gasteiger partial charge < -0.3 is 0 Å². The van der Waals surface area contributed by atoms with Crippen molar-refractivity contribution in [3.8, 4) is 5.69 Å². The molecule has 0 amide bonds. The van der Waals surface area contributed by atoms with Crippen LogP contribution in [0.3, 0.4) is 0 Å². The van der Waals surface area contributed by atoms with E-state index in [4.69, 9.17) is 0 Å². The number of rotatable bonds is 13. The number of fused-ring (bicyclic) bond motifs is 5. The normalized spacial score (nSPS) is 11.5. The summed E-state index contributed by atoms with van der Waals surface area (Å²) < 4.78 is 10.9. The van der Waals surface area contributed by atoms with Crippen LogP contribution in [0.5, 0.6) is 0 Å². The molecule has 0 aliphatic rings. The van der Waals surface area contributed by atoms with E-state index in [2.05, 4.69) is 336 Å². The van der Waals surface area contributed by atoms with E-state index < -0.39 is 29.3 Å². The summed E-state index contributed by atoms with van der Waals surface area (Å²) in [7, 11) is 0. The van der Waals surface area contributed by atoms with Crippen molar-refractivity contribution >= 4 is 133 Å². The van der Waals surface area contributed by atoms with Gasteiger partial charge >= 0.3 is 456 Å². The van der Waals surface area contributed by atoms with Crippen molar-refractivity contribution in [2.45, 2.75) is 0 Å². The molecule has 1 aromatic heterocycles. The molecule has 0 saturated carbocycles. The zero-order chi connectivity index (χ0) is 52.5. The summed E-state index contributed by atoms with van der Waals surface area (Å²) in [6, 6.07) is 119. The first-order valence-electron chi connectivity index (χ1n) is 26.9. The van der Waals surface area contributed by atoms with Crippen molar-refractivity contribution in [3.05, 3.63) is 322 Å². The molecule has 1 heterocycles. The topological polar surface area (TPSA) is 11.4 Å². The van der Waals surface area contributed by atoms with Gasteiger partial charge in [-0.1, -0.05) is 18.2 Å². The monoisotopic (exact) mass is 1130 g/mol. The average molecular weight is 1130 g/mol. The van der Waals surface area contributed by atoms with Gasteiger partial charge in [0.2, 0.25) is 0 Å². The number of aromatic nitrogens is 1. The van der Waals surface area contributed by atoms with Crippen LogP contribution >= 0.6 is 0 Å². The summed E-state index contributed by atoms with van der Waals surface area (Å²) in [6.07, 6.45) is 0. The quantitative estimate of drug-likeness (QED) is 0.107. The van der Waals surface area contributed by atoms with Crippen molar-refractivity contribution in [3.63, 3.8) is 0 Å². The number of nitrogens with zero attached hydrogens (tertiary/aromatic N) is 3. The second-order valence-electron chi connectivity index (χ2n) is 19.8. The number of benzene rings is 13. The minimum atomic E-state index is -1.86. The Morgan fingerprint density at radius 1 is 0.228 bits per heavy atom. The van der Waals surface area contributed by atoms with E-state index in [1.165, 1.54) is 58.4 Å². The molecule has 5 heteroatoms. The van der Waals surface area contributed by atoms with Gasteiger partial charge in [0.05, 0.1) is 0 Å². The molecule has 0 radical (unpaired) electrons. The van der Waals surface area contributed by atoms with Crippen molar-refractivity contribution < 1.29 is 0 Å². The van der Waals surface area contributed by atoms with Crippen molar-refractivity contribution in [1.82, 2.24) is 4.57 Å². The molecule has 0 atom stereocenters. The van der Waals surface area contributed by atoms with Gasteiger partial charge in [0.1, 0.15) is 0 Å². The van der Waals surface area contributed by atoms with E-state index in [9.17, 15) is 0 Å². The molecule has 0 aliphatic heterocycles. The van der Waals surface area contributed by atoms with Crippen LogP contribution in [-0.4, -0.2) is 33.9 Å². The third kappa shape index (κ3) is 9.22. The summed E-state index contributed by atoms with van der Waals surface area (Å²) >= 11 is -3.72. The van der Waals surface area contributed by atoms with Gasteiger partial charge in [0.25, 0.3) is 0 Å². The Labute approximate surface area is 471 Å². The molecule has 0 bridgehead atoms. The van der Waals surface area contributed by atoms with Gasteiger partial charge in [0, 0.05) is 0 Å². The van der Waals surface area contributed by atoms with Gasteiger partial charge in [-0.15, -0.1) is 0 Å². The smallest absolute Gasteiger partial charge is 0.0602 e. The molecule has 14 aromatic rings. The molecule has 79 heavy (non-hydrogen) atoms. The number of hydrogen-bond donors (Lipinski definition) is 0. The van der Waals surface area contributed by atoms with Crippen LogP contribution in [0, 0.1) is 0 Å². The predicted molar refractivity (Wildman–Crippen MR) is 340 cm³/mol. The summed E-state index contributed by atoms with van der Waals surface area (Å²) in [4.78, 5) is 4.93. The molecule has 374 valence electrons.